The molecule has 28 heavy (non-hydrogen) atoms. The molecule has 1 amide bonds. The minimum atomic E-state index is -0.407. The lowest BCUT2D eigenvalue weighted by molar-refractivity contribution is -0.0968. The van der Waals surface area contributed by atoms with Gasteiger partial charge in [-0.1, -0.05) is 0 Å². The van der Waals surface area contributed by atoms with Crippen LogP contribution in [0.2, 0.25) is 0 Å². The maximum atomic E-state index is 13.0. The second kappa shape index (κ2) is 7.39. The topological polar surface area (TPSA) is 73.8 Å². The number of carbonyl (C=O) groups excluding carboxylic acids is 1. The summed E-state index contributed by atoms with van der Waals surface area (Å²) in [6, 6.07) is 5.27. The van der Waals surface area contributed by atoms with Crippen LogP contribution in [0.5, 0.6) is 11.5 Å². The molecule has 1 saturated heterocycles. The van der Waals surface area contributed by atoms with Crippen LogP contribution in [0.1, 0.15) is 40.3 Å². The van der Waals surface area contributed by atoms with Gasteiger partial charge in [-0.05, 0) is 49.9 Å². The van der Waals surface area contributed by atoms with E-state index >= 15 is 0 Å². The molecule has 3 heterocycles. The standard InChI is InChI=1S/C21H25N3O4/c1-14-22-13-16-6-11-28-21(19(16)23-14)7-9-24(10-8-21)20(25)15-4-5-17(26-2)18(12-15)27-3/h4-5,12-13H,6-11H2,1-3H3. The Labute approximate surface area is 164 Å². The molecular weight excluding hydrogens is 358 g/mol. The van der Waals surface area contributed by atoms with Gasteiger partial charge in [0.1, 0.15) is 11.4 Å². The number of fused-ring (bicyclic) bond motifs is 2. The van der Waals surface area contributed by atoms with Crippen LogP contribution < -0.4 is 9.47 Å². The fourth-order valence-corrected chi connectivity index (χ4v) is 4.10. The van der Waals surface area contributed by atoms with Crippen LogP contribution in [0.4, 0.5) is 0 Å². The molecule has 7 heteroatoms. The zero-order valence-corrected chi connectivity index (χ0v) is 16.5. The number of carbonyl (C=O) groups is 1. The van der Waals surface area contributed by atoms with E-state index in [4.69, 9.17) is 19.2 Å². The molecule has 0 saturated carbocycles. The molecule has 0 bridgehead atoms. The molecule has 1 aromatic carbocycles. The number of piperidine rings is 1. The van der Waals surface area contributed by atoms with E-state index in [9.17, 15) is 4.79 Å². The average Bonchev–Trinajstić information content (AvgIpc) is 2.74. The molecule has 0 atom stereocenters. The average molecular weight is 383 g/mol. The predicted octanol–water partition coefficient (Wildman–Crippen LogP) is 2.51. The Morgan fingerprint density at radius 2 is 1.93 bits per heavy atom. The van der Waals surface area contributed by atoms with Crippen molar-refractivity contribution < 1.29 is 19.0 Å². The normalized spacial score (nSPS) is 17.9. The Hall–Kier alpha value is -2.67. The molecule has 0 N–H and O–H groups in total. The van der Waals surface area contributed by atoms with Crippen molar-refractivity contribution in [3.05, 3.63) is 47.0 Å². The summed E-state index contributed by atoms with van der Waals surface area (Å²) < 4.78 is 16.8. The number of hydrogen-bond acceptors (Lipinski definition) is 6. The fourth-order valence-electron chi connectivity index (χ4n) is 4.10. The largest absolute Gasteiger partial charge is 0.493 e. The first-order chi connectivity index (χ1) is 13.6. The number of amides is 1. The molecule has 2 aliphatic rings. The summed E-state index contributed by atoms with van der Waals surface area (Å²) in [6.45, 7) is 3.81. The van der Waals surface area contributed by atoms with Gasteiger partial charge in [-0.2, -0.15) is 0 Å². The van der Waals surface area contributed by atoms with E-state index in [1.807, 2.05) is 18.0 Å². The molecule has 2 aliphatic heterocycles. The monoisotopic (exact) mass is 383 g/mol. The zero-order valence-electron chi connectivity index (χ0n) is 16.5. The summed E-state index contributed by atoms with van der Waals surface area (Å²) in [7, 11) is 3.15. The minimum Gasteiger partial charge on any atom is -0.493 e. The van der Waals surface area contributed by atoms with Gasteiger partial charge in [0.25, 0.3) is 5.91 Å². The van der Waals surface area contributed by atoms with E-state index in [1.54, 1.807) is 32.4 Å². The highest BCUT2D eigenvalue weighted by Gasteiger charge is 2.43. The van der Waals surface area contributed by atoms with E-state index in [-0.39, 0.29) is 5.91 Å². The molecule has 2 aromatic rings. The van der Waals surface area contributed by atoms with E-state index in [0.717, 1.165) is 36.3 Å². The van der Waals surface area contributed by atoms with Gasteiger partial charge in [0.2, 0.25) is 0 Å². The van der Waals surface area contributed by atoms with Gasteiger partial charge in [-0.25, -0.2) is 9.97 Å². The van der Waals surface area contributed by atoms with Crippen molar-refractivity contribution in [1.29, 1.82) is 0 Å². The van der Waals surface area contributed by atoms with Gasteiger partial charge < -0.3 is 19.1 Å². The minimum absolute atomic E-state index is 0.00861. The number of benzene rings is 1. The lowest BCUT2D eigenvalue weighted by atomic mass is 9.83. The van der Waals surface area contributed by atoms with E-state index in [1.165, 1.54) is 0 Å². The van der Waals surface area contributed by atoms with Crippen LogP contribution in [-0.2, 0) is 16.8 Å². The van der Waals surface area contributed by atoms with Crippen LogP contribution in [0.25, 0.3) is 0 Å². The van der Waals surface area contributed by atoms with E-state index in [0.29, 0.717) is 36.8 Å². The molecule has 1 fully saturated rings. The summed E-state index contributed by atoms with van der Waals surface area (Å²) in [6.07, 6.45) is 4.22. The highest BCUT2D eigenvalue weighted by atomic mass is 16.5. The lowest BCUT2D eigenvalue weighted by Crippen LogP contribution is -2.49. The summed E-state index contributed by atoms with van der Waals surface area (Å²) in [5.41, 5.74) is 2.35. The molecule has 148 valence electrons. The number of methoxy groups -OCH3 is 2. The number of aromatic nitrogens is 2. The van der Waals surface area contributed by atoms with Gasteiger partial charge >= 0.3 is 0 Å². The van der Waals surface area contributed by atoms with Crippen LogP contribution in [-0.4, -0.2) is 54.7 Å². The van der Waals surface area contributed by atoms with Crippen molar-refractivity contribution in [1.82, 2.24) is 14.9 Å². The molecule has 0 radical (unpaired) electrons. The van der Waals surface area contributed by atoms with Gasteiger partial charge in [0.05, 0.1) is 26.5 Å². The first-order valence-electron chi connectivity index (χ1n) is 9.54. The molecule has 0 aliphatic carbocycles. The summed E-state index contributed by atoms with van der Waals surface area (Å²) in [5.74, 6) is 1.91. The van der Waals surface area contributed by atoms with Gasteiger partial charge in [0.15, 0.2) is 11.5 Å². The number of nitrogens with zero attached hydrogens (tertiary/aromatic N) is 3. The molecule has 1 aromatic heterocycles. The van der Waals surface area contributed by atoms with E-state index in [2.05, 4.69) is 4.98 Å². The Bertz CT molecular complexity index is 891. The third-order valence-corrected chi connectivity index (χ3v) is 5.66. The second-order valence-electron chi connectivity index (χ2n) is 7.25. The maximum Gasteiger partial charge on any atom is 0.253 e. The lowest BCUT2D eigenvalue weighted by Gasteiger charge is -2.44. The zero-order chi connectivity index (χ0) is 19.7. The quantitative estimate of drug-likeness (QED) is 0.811. The predicted molar refractivity (Wildman–Crippen MR) is 103 cm³/mol. The Morgan fingerprint density at radius 1 is 1.18 bits per heavy atom. The van der Waals surface area contributed by atoms with Crippen molar-refractivity contribution in [2.24, 2.45) is 0 Å². The van der Waals surface area contributed by atoms with Crippen LogP contribution in [0, 0.1) is 6.92 Å². The Kier molecular flexibility index (Phi) is 4.93. The second-order valence-corrected chi connectivity index (χ2v) is 7.25. The Balaban J connectivity index is 1.52. The molecule has 1 spiro atoms. The summed E-state index contributed by atoms with van der Waals surface area (Å²) in [5, 5.41) is 0. The van der Waals surface area contributed by atoms with Gasteiger partial charge in [0, 0.05) is 24.8 Å². The van der Waals surface area contributed by atoms with E-state index < -0.39 is 5.60 Å². The number of likely N-dealkylation sites (tertiary alicyclic amines) is 1. The highest BCUT2D eigenvalue weighted by Crippen LogP contribution is 2.40. The fraction of sp³-hybridized carbons (Fsp3) is 0.476. The number of rotatable bonds is 3. The van der Waals surface area contributed by atoms with Crippen molar-refractivity contribution in [2.45, 2.75) is 31.8 Å². The smallest absolute Gasteiger partial charge is 0.253 e. The first kappa shape index (κ1) is 18.7. The van der Waals surface area contributed by atoms with Crippen molar-refractivity contribution in [3.8, 4) is 11.5 Å². The third-order valence-electron chi connectivity index (χ3n) is 5.66. The number of aryl methyl sites for hydroxylation is 1. The maximum absolute atomic E-state index is 13.0. The molecule has 4 rings (SSSR count). The van der Waals surface area contributed by atoms with Crippen molar-refractivity contribution in [2.75, 3.05) is 33.9 Å². The van der Waals surface area contributed by atoms with Gasteiger partial charge in [-0.3, -0.25) is 4.79 Å². The van der Waals surface area contributed by atoms with Crippen LogP contribution >= 0.6 is 0 Å². The molecule has 0 unspecified atom stereocenters. The summed E-state index contributed by atoms with van der Waals surface area (Å²) >= 11 is 0. The van der Waals surface area contributed by atoms with Gasteiger partial charge in [-0.15, -0.1) is 0 Å². The molecule has 7 nitrogen and oxygen atoms in total. The number of hydrogen-bond donors (Lipinski definition) is 0. The Morgan fingerprint density at radius 3 is 2.64 bits per heavy atom. The van der Waals surface area contributed by atoms with Crippen molar-refractivity contribution >= 4 is 5.91 Å². The summed E-state index contributed by atoms with van der Waals surface area (Å²) in [4.78, 5) is 23.9. The molecular formula is C21H25N3O4. The third kappa shape index (κ3) is 3.20. The SMILES string of the molecule is COc1ccc(C(=O)N2CCC3(CC2)OCCc2cnc(C)nc23)cc1OC. The first-order valence-corrected chi connectivity index (χ1v) is 9.54. The highest BCUT2D eigenvalue weighted by molar-refractivity contribution is 5.95. The van der Waals surface area contributed by atoms with Crippen LogP contribution in [0.15, 0.2) is 24.4 Å². The number of ether oxygens (including phenoxy) is 3. The van der Waals surface area contributed by atoms with Crippen molar-refractivity contribution in [3.63, 3.8) is 0 Å². The van der Waals surface area contributed by atoms with Crippen LogP contribution in [0.3, 0.4) is 0 Å².